The zero-order valence-corrected chi connectivity index (χ0v) is 12.3. The maximum Gasteiger partial charge on any atom is 0.410 e. The van der Waals surface area contributed by atoms with Crippen molar-refractivity contribution in [2.24, 2.45) is 29.6 Å². The smallest absolute Gasteiger partial charge is 0.410 e. The number of carboxylic acid groups (broad SMARTS) is 1. The lowest BCUT2D eigenvalue weighted by atomic mass is 9.60. The molecule has 3 rings (SSSR count). The monoisotopic (exact) mass is 281 g/mol. The summed E-state index contributed by atoms with van der Waals surface area (Å²) in [6.07, 6.45) is 1.37. The summed E-state index contributed by atoms with van der Waals surface area (Å²) in [6.45, 7) is 7.12. The van der Waals surface area contributed by atoms with Crippen LogP contribution < -0.4 is 0 Å². The number of rotatable bonds is 1. The van der Waals surface area contributed by atoms with Gasteiger partial charge in [-0.05, 0) is 57.3 Å². The van der Waals surface area contributed by atoms with Crippen molar-refractivity contribution < 1.29 is 19.4 Å². The molecule has 1 amide bonds. The van der Waals surface area contributed by atoms with Crippen molar-refractivity contribution in [3.8, 4) is 0 Å². The van der Waals surface area contributed by atoms with Crippen LogP contribution in [-0.4, -0.2) is 40.8 Å². The first-order valence-corrected chi connectivity index (χ1v) is 7.47. The van der Waals surface area contributed by atoms with Crippen molar-refractivity contribution in [3.63, 3.8) is 0 Å². The van der Waals surface area contributed by atoms with Gasteiger partial charge in [0.1, 0.15) is 5.60 Å². The van der Waals surface area contributed by atoms with Gasteiger partial charge >= 0.3 is 12.1 Å². The van der Waals surface area contributed by atoms with E-state index >= 15 is 0 Å². The number of carboxylic acids is 1. The molecule has 112 valence electrons. The molecule has 3 aliphatic rings. The Hall–Kier alpha value is -1.26. The largest absolute Gasteiger partial charge is 0.481 e. The van der Waals surface area contributed by atoms with Crippen molar-refractivity contribution in [2.75, 3.05) is 13.1 Å². The highest BCUT2D eigenvalue weighted by molar-refractivity contribution is 5.71. The molecule has 20 heavy (non-hydrogen) atoms. The van der Waals surface area contributed by atoms with Gasteiger partial charge in [-0.3, -0.25) is 4.79 Å². The van der Waals surface area contributed by atoms with E-state index in [9.17, 15) is 9.59 Å². The lowest BCUT2D eigenvalue weighted by molar-refractivity contribution is -0.141. The molecule has 5 atom stereocenters. The van der Waals surface area contributed by atoms with Gasteiger partial charge in [-0.1, -0.05) is 0 Å². The summed E-state index contributed by atoms with van der Waals surface area (Å²) >= 11 is 0. The van der Waals surface area contributed by atoms with Gasteiger partial charge < -0.3 is 14.7 Å². The van der Waals surface area contributed by atoms with Crippen LogP contribution in [0.5, 0.6) is 0 Å². The number of hydrogen-bond donors (Lipinski definition) is 1. The SMILES string of the molecule is CC(C)(C)OC(=O)N1C[C@@H]2[C@H]3CC(C(=O)O)C[C@H]3[C@@H]2C1. The van der Waals surface area contributed by atoms with Crippen LogP contribution in [0.3, 0.4) is 0 Å². The molecular weight excluding hydrogens is 258 g/mol. The Morgan fingerprint density at radius 3 is 1.95 bits per heavy atom. The lowest BCUT2D eigenvalue weighted by Gasteiger charge is -2.43. The molecule has 1 heterocycles. The Balaban J connectivity index is 1.59. The number of hydrogen-bond acceptors (Lipinski definition) is 3. The summed E-state index contributed by atoms with van der Waals surface area (Å²) < 4.78 is 5.42. The molecule has 0 aromatic rings. The van der Waals surface area contributed by atoms with E-state index in [0.29, 0.717) is 23.7 Å². The highest BCUT2D eigenvalue weighted by Gasteiger charge is 2.60. The van der Waals surface area contributed by atoms with Crippen LogP contribution in [0.4, 0.5) is 4.79 Å². The van der Waals surface area contributed by atoms with E-state index in [1.54, 1.807) is 0 Å². The first kappa shape index (κ1) is 13.7. The summed E-state index contributed by atoms with van der Waals surface area (Å²) in [5.74, 6) is 1.20. The van der Waals surface area contributed by atoms with Crippen molar-refractivity contribution >= 4 is 12.1 Å². The van der Waals surface area contributed by atoms with Gasteiger partial charge in [-0.15, -0.1) is 0 Å². The second-order valence-corrected chi connectivity index (χ2v) is 7.55. The molecule has 2 saturated carbocycles. The van der Waals surface area contributed by atoms with E-state index in [1.165, 1.54) is 0 Å². The molecule has 0 aromatic heterocycles. The molecule has 1 saturated heterocycles. The van der Waals surface area contributed by atoms with Crippen molar-refractivity contribution in [1.82, 2.24) is 4.90 Å². The Labute approximate surface area is 119 Å². The first-order valence-electron chi connectivity index (χ1n) is 7.47. The number of aliphatic carboxylic acids is 1. The van der Waals surface area contributed by atoms with E-state index < -0.39 is 11.6 Å². The zero-order valence-electron chi connectivity index (χ0n) is 12.3. The summed E-state index contributed by atoms with van der Waals surface area (Å²) in [5, 5.41) is 9.12. The number of amides is 1. The maximum absolute atomic E-state index is 12.1. The van der Waals surface area contributed by atoms with E-state index in [-0.39, 0.29) is 12.0 Å². The minimum Gasteiger partial charge on any atom is -0.481 e. The summed E-state index contributed by atoms with van der Waals surface area (Å²) in [4.78, 5) is 25.0. The van der Waals surface area contributed by atoms with Crippen molar-refractivity contribution in [3.05, 3.63) is 0 Å². The van der Waals surface area contributed by atoms with Gasteiger partial charge in [-0.2, -0.15) is 0 Å². The van der Waals surface area contributed by atoms with Gasteiger partial charge in [-0.25, -0.2) is 4.79 Å². The second-order valence-electron chi connectivity index (χ2n) is 7.55. The Morgan fingerprint density at radius 1 is 1.05 bits per heavy atom. The van der Waals surface area contributed by atoms with Gasteiger partial charge in [0, 0.05) is 13.1 Å². The molecular formula is C15H23NO4. The fourth-order valence-corrected chi connectivity index (χ4v) is 4.38. The third-order valence-corrected chi connectivity index (χ3v) is 5.18. The first-order chi connectivity index (χ1) is 9.26. The van der Waals surface area contributed by atoms with Crippen LogP contribution in [0, 0.1) is 29.6 Å². The minimum atomic E-state index is -0.651. The topological polar surface area (TPSA) is 66.8 Å². The Bertz CT molecular complexity index is 422. The molecule has 1 N–H and O–H groups in total. The number of nitrogens with zero attached hydrogens (tertiary/aromatic N) is 1. The number of ether oxygens (including phenoxy) is 1. The third-order valence-electron chi connectivity index (χ3n) is 5.18. The maximum atomic E-state index is 12.1. The summed E-state index contributed by atoms with van der Waals surface area (Å²) in [7, 11) is 0. The molecule has 0 radical (unpaired) electrons. The van der Waals surface area contributed by atoms with Gasteiger partial charge in [0.05, 0.1) is 5.92 Å². The van der Waals surface area contributed by atoms with Crippen LogP contribution in [0.25, 0.3) is 0 Å². The molecule has 5 heteroatoms. The average molecular weight is 281 g/mol. The molecule has 0 aromatic carbocycles. The van der Waals surface area contributed by atoms with Crippen molar-refractivity contribution in [1.29, 1.82) is 0 Å². The predicted molar refractivity (Wildman–Crippen MR) is 72.1 cm³/mol. The van der Waals surface area contributed by atoms with Crippen LogP contribution in [0.15, 0.2) is 0 Å². The van der Waals surface area contributed by atoms with Gasteiger partial charge in [0.15, 0.2) is 0 Å². The average Bonchev–Trinajstić information content (AvgIpc) is 2.82. The fourth-order valence-electron chi connectivity index (χ4n) is 4.38. The number of fused-ring (bicyclic) bond motifs is 4. The molecule has 1 unspecified atom stereocenters. The fraction of sp³-hybridized carbons (Fsp3) is 0.867. The molecule has 0 spiro atoms. The number of carbonyl (C=O) groups is 2. The zero-order chi connectivity index (χ0) is 14.7. The van der Waals surface area contributed by atoms with Gasteiger partial charge in [0.25, 0.3) is 0 Å². The van der Waals surface area contributed by atoms with Crippen molar-refractivity contribution in [2.45, 2.75) is 39.2 Å². The third kappa shape index (κ3) is 2.17. The lowest BCUT2D eigenvalue weighted by Crippen LogP contribution is -2.42. The predicted octanol–water partition coefficient (Wildman–Crippen LogP) is 2.21. The second kappa shape index (κ2) is 4.37. The van der Waals surface area contributed by atoms with Gasteiger partial charge in [0.2, 0.25) is 0 Å². The molecule has 0 bridgehead atoms. The van der Waals surface area contributed by atoms with E-state index in [4.69, 9.17) is 9.84 Å². The molecule has 2 aliphatic carbocycles. The Kier molecular flexibility index (Phi) is 2.99. The Morgan fingerprint density at radius 2 is 1.55 bits per heavy atom. The number of likely N-dealkylation sites (tertiary alicyclic amines) is 1. The van der Waals surface area contributed by atoms with E-state index in [0.717, 1.165) is 25.9 Å². The quantitative estimate of drug-likeness (QED) is 0.800. The minimum absolute atomic E-state index is 0.162. The van der Waals surface area contributed by atoms with Crippen LogP contribution >= 0.6 is 0 Å². The number of carbonyl (C=O) groups excluding carboxylic acids is 1. The van der Waals surface area contributed by atoms with Crippen LogP contribution in [0.1, 0.15) is 33.6 Å². The standard InChI is InChI=1S/C15H23NO4/c1-15(2,3)20-14(19)16-6-11-9-4-8(13(17)18)5-10(9)12(11)7-16/h8-12H,4-7H2,1-3H3,(H,17,18)/t8?,9-,10+,11+,12-. The molecule has 5 nitrogen and oxygen atoms in total. The summed E-state index contributed by atoms with van der Waals surface area (Å²) in [5.41, 5.74) is -0.455. The van der Waals surface area contributed by atoms with E-state index in [1.807, 2.05) is 25.7 Å². The molecule has 3 fully saturated rings. The van der Waals surface area contributed by atoms with E-state index in [2.05, 4.69) is 0 Å². The highest BCUT2D eigenvalue weighted by Crippen LogP contribution is 2.59. The van der Waals surface area contributed by atoms with Crippen LogP contribution in [0.2, 0.25) is 0 Å². The van der Waals surface area contributed by atoms with Crippen LogP contribution in [-0.2, 0) is 9.53 Å². The highest BCUT2D eigenvalue weighted by atomic mass is 16.6. The normalized spacial score (nSPS) is 39.0. The molecule has 1 aliphatic heterocycles. The summed E-state index contributed by atoms with van der Waals surface area (Å²) in [6, 6.07) is 0.